The number of carbonyl (C=O) groups excluding carboxylic acids is 2. The minimum Gasteiger partial charge on any atom is -0.497 e. The maximum absolute atomic E-state index is 12.2. The Balaban J connectivity index is 1.42. The number of methoxy groups -OCH3 is 1. The van der Waals surface area contributed by atoms with Crippen molar-refractivity contribution in [3.05, 3.63) is 59.7 Å². The molecule has 3 rings (SSSR count). The van der Waals surface area contributed by atoms with Crippen molar-refractivity contribution in [2.75, 3.05) is 45.3 Å². The second-order valence-corrected chi connectivity index (χ2v) is 7.25. The SMILES string of the molecule is COc1ccc(CC(=O)NCc2cccc(NC(=O)CCN3CCOCC3)c2)cc1. The molecular formula is C23H29N3O4. The number of anilines is 1. The van der Waals surface area contributed by atoms with Crippen LogP contribution in [0.25, 0.3) is 0 Å². The van der Waals surface area contributed by atoms with Gasteiger partial charge in [0, 0.05) is 38.3 Å². The highest BCUT2D eigenvalue weighted by atomic mass is 16.5. The van der Waals surface area contributed by atoms with Gasteiger partial charge in [0.2, 0.25) is 11.8 Å². The summed E-state index contributed by atoms with van der Waals surface area (Å²) >= 11 is 0. The number of nitrogens with one attached hydrogen (secondary N) is 2. The van der Waals surface area contributed by atoms with Crippen LogP contribution in [0.4, 0.5) is 5.69 Å². The predicted octanol–water partition coefficient (Wildman–Crippen LogP) is 2.21. The first-order valence-electron chi connectivity index (χ1n) is 10.2. The highest BCUT2D eigenvalue weighted by Gasteiger charge is 2.12. The second kappa shape index (κ2) is 11.3. The van der Waals surface area contributed by atoms with Crippen molar-refractivity contribution < 1.29 is 19.1 Å². The fraction of sp³-hybridized carbons (Fsp3) is 0.391. The molecule has 30 heavy (non-hydrogen) atoms. The first kappa shape index (κ1) is 21.8. The Hall–Kier alpha value is -2.90. The molecule has 7 heteroatoms. The molecule has 160 valence electrons. The number of carbonyl (C=O) groups is 2. The second-order valence-electron chi connectivity index (χ2n) is 7.25. The van der Waals surface area contributed by atoms with Gasteiger partial charge in [0.15, 0.2) is 0 Å². The minimum atomic E-state index is -0.0554. The molecule has 0 aliphatic carbocycles. The summed E-state index contributed by atoms with van der Waals surface area (Å²) in [4.78, 5) is 26.7. The fourth-order valence-corrected chi connectivity index (χ4v) is 3.26. The van der Waals surface area contributed by atoms with Crippen LogP contribution in [0.2, 0.25) is 0 Å². The average molecular weight is 412 g/mol. The van der Waals surface area contributed by atoms with Gasteiger partial charge in [-0.2, -0.15) is 0 Å². The third kappa shape index (κ3) is 7.17. The Labute approximate surface area is 177 Å². The number of ether oxygens (including phenoxy) is 2. The summed E-state index contributed by atoms with van der Waals surface area (Å²) in [5.41, 5.74) is 2.60. The van der Waals surface area contributed by atoms with Crippen molar-refractivity contribution in [1.29, 1.82) is 0 Å². The van der Waals surface area contributed by atoms with Crippen LogP contribution in [-0.4, -0.2) is 56.7 Å². The van der Waals surface area contributed by atoms with E-state index in [1.54, 1.807) is 7.11 Å². The molecule has 2 N–H and O–H groups in total. The monoisotopic (exact) mass is 411 g/mol. The van der Waals surface area contributed by atoms with Gasteiger partial charge >= 0.3 is 0 Å². The van der Waals surface area contributed by atoms with E-state index >= 15 is 0 Å². The average Bonchev–Trinajstić information content (AvgIpc) is 2.78. The van der Waals surface area contributed by atoms with Crippen LogP contribution in [0.15, 0.2) is 48.5 Å². The summed E-state index contributed by atoms with van der Waals surface area (Å²) in [5, 5.41) is 5.86. The first-order valence-corrected chi connectivity index (χ1v) is 10.2. The molecular weight excluding hydrogens is 382 g/mol. The van der Waals surface area contributed by atoms with Crippen molar-refractivity contribution in [3.63, 3.8) is 0 Å². The van der Waals surface area contributed by atoms with Crippen molar-refractivity contribution >= 4 is 17.5 Å². The van der Waals surface area contributed by atoms with E-state index in [1.807, 2.05) is 48.5 Å². The van der Waals surface area contributed by atoms with Crippen LogP contribution in [0.1, 0.15) is 17.5 Å². The Morgan fingerprint density at radius 3 is 2.53 bits per heavy atom. The molecule has 0 bridgehead atoms. The summed E-state index contributed by atoms with van der Waals surface area (Å²) < 4.78 is 10.4. The van der Waals surface area contributed by atoms with Crippen molar-refractivity contribution in [2.24, 2.45) is 0 Å². The van der Waals surface area contributed by atoms with Crippen molar-refractivity contribution in [2.45, 2.75) is 19.4 Å². The van der Waals surface area contributed by atoms with Gasteiger partial charge in [-0.15, -0.1) is 0 Å². The van der Waals surface area contributed by atoms with Crippen LogP contribution < -0.4 is 15.4 Å². The van der Waals surface area contributed by atoms with E-state index in [4.69, 9.17) is 9.47 Å². The van der Waals surface area contributed by atoms with Crippen molar-refractivity contribution in [3.8, 4) is 5.75 Å². The number of nitrogens with zero attached hydrogens (tertiary/aromatic N) is 1. The zero-order valence-electron chi connectivity index (χ0n) is 17.4. The van der Waals surface area contributed by atoms with Gasteiger partial charge in [-0.25, -0.2) is 0 Å². The summed E-state index contributed by atoms with van der Waals surface area (Å²) in [6.45, 7) is 4.35. The van der Waals surface area contributed by atoms with Crippen LogP contribution in [0.5, 0.6) is 5.75 Å². The summed E-state index contributed by atoms with van der Waals surface area (Å²) in [7, 11) is 1.61. The van der Waals surface area contributed by atoms with E-state index in [2.05, 4.69) is 15.5 Å². The van der Waals surface area contributed by atoms with E-state index in [-0.39, 0.29) is 11.8 Å². The molecule has 7 nitrogen and oxygen atoms in total. The predicted molar refractivity (Wildman–Crippen MR) is 115 cm³/mol. The standard InChI is InChI=1S/C23H29N3O4/c1-29-21-7-5-18(6-8-21)16-23(28)24-17-19-3-2-4-20(15-19)25-22(27)9-10-26-11-13-30-14-12-26/h2-8,15H,9-14,16-17H2,1H3,(H,24,28)(H,25,27). The first-order chi connectivity index (χ1) is 14.6. The van der Waals surface area contributed by atoms with E-state index < -0.39 is 0 Å². The third-order valence-electron chi connectivity index (χ3n) is 4.98. The molecule has 0 unspecified atom stereocenters. The quantitative estimate of drug-likeness (QED) is 0.661. The van der Waals surface area contributed by atoms with Crippen LogP contribution in [0, 0.1) is 0 Å². The van der Waals surface area contributed by atoms with E-state index in [0.717, 1.165) is 55.4 Å². The topological polar surface area (TPSA) is 79.9 Å². The molecule has 0 aromatic heterocycles. The molecule has 1 aliphatic rings. The Kier molecular flexibility index (Phi) is 8.23. The fourth-order valence-electron chi connectivity index (χ4n) is 3.26. The van der Waals surface area contributed by atoms with Gasteiger partial charge in [-0.3, -0.25) is 14.5 Å². The van der Waals surface area contributed by atoms with Gasteiger partial charge in [0.05, 0.1) is 26.7 Å². The number of hydrogen-bond donors (Lipinski definition) is 2. The molecule has 1 aliphatic heterocycles. The van der Waals surface area contributed by atoms with Crippen molar-refractivity contribution in [1.82, 2.24) is 10.2 Å². The third-order valence-corrected chi connectivity index (χ3v) is 4.98. The maximum Gasteiger partial charge on any atom is 0.225 e. The molecule has 1 fully saturated rings. The Morgan fingerprint density at radius 1 is 1.03 bits per heavy atom. The summed E-state index contributed by atoms with van der Waals surface area (Å²) in [6, 6.07) is 15.0. The smallest absolute Gasteiger partial charge is 0.225 e. The highest BCUT2D eigenvalue weighted by Crippen LogP contribution is 2.13. The van der Waals surface area contributed by atoms with Crippen LogP contribution in [0.3, 0.4) is 0 Å². The lowest BCUT2D eigenvalue weighted by molar-refractivity contribution is -0.120. The molecule has 0 atom stereocenters. The lowest BCUT2D eigenvalue weighted by atomic mass is 10.1. The lowest BCUT2D eigenvalue weighted by Gasteiger charge is -2.26. The van der Waals surface area contributed by atoms with Gasteiger partial charge < -0.3 is 20.1 Å². The van der Waals surface area contributed by atoms with E-state index in [1.165, 1.54) is 0 Å². The summed E-state index contributed by atoms with van der Waals surface area (Å²) in [6.07, 6.45) is 0.755. The molecule has 2 aromatic rings. The zero-order chi connectivity index (χ0) is 21.2. The zero-order valence-corrected chi connectivity index (χ0v) is 17.4. The van der Waals surface area contributed by atoms with E-state index in [9.17, 15) is 9.59 Å². The lowest BCUT2D eigenvalue weighted by Crippen LogP contribution is -2.38. The number of hydrogen-bond acceptors (Lipinski definition) is 5. The molecule has 2 aromatic carbocycles. The number of benzene rings is 2. The molecule has 2 amide bonds. The van der Waals surface area contributed by atoms with E-state index in [0.29, 0.717) is 19.4 Å². The number of rotatable bonds is 9. The minimum absolute atomic E-state index is 0.0119. The molecule has 0 radical (unpaired) electrons. The molecule has 0 spiro atoms. The highest BCUT2D eigenvalue weighted by molar-refractivity contribution is 5.90. The Morgan fingerprint density at radius 2 is 1.80 bits per heavy atom. The molecule has 1 heterocycles. The normalized spacial score (nSPS) is 14.2. The Bertz CT molecular complexity index is 833. The van der Waals surface area contributed by atoms with Gasteiger partial charge in [0.1, 0.15) is 5.75 Å². The van der Waals surface area contributed by atoms with Gasteiger partial charge in [0.25, 0.3) is 0 Å². The molecule has 1 saturated heterocycles. The number of morpholine rings is 1. The maximum atomic E-state index is 12.2. The van der Waals surface area contributed by atoms with Gasteiger partial charge in [-0.05, 0) is 35.4 Å². The van der Waals surface area contributed by atoms with Gasteiger partial charge in [-0.1, -0.05) is 24.3 Å². The largest absolute Gasteiger partial charge is 0.497 e. The van der Waals surface area contributed by atoms with Crippen LogP contribution in [-0.2, 0) is 27.3 Å². The summed E-state index contributed by atoms with van der Waals surface area (Å²) in [5.74, 6) is 0.699. The number of amides is 2. The molecule has 0 saturated carbocycles. The van der Waals surface area contributed by atoms with Crippen LogP contribution >= 0.6 is 0 Å².